The monoisotopic (exact) mass is 328 g/mol. The van der Waals surface area contributed by atoms with E-state index in [2.05, 4.69) is 41.3 Å². The smallest absolute Gasteiger partial charge is 0.409 e. The molecule has 1 atom stereocenters. The van der Waals surface area contributed by atoms with Crippen LogP contribution in [-0.2, 0) is 11.2 Å². The molecule has 0 saturated carbocycles. The Morgan fingerprint density at radius 2 is 1.96 bits per heavy atom. The van der Waals surface area contributed by atoms with Crippen LogP contribution in [0.25, 0.3) is 0 Å². The van der Waals surface area contributed by atoms with Gasteiger partial charge < -0.3 is 9.64 Å². The lowest BCUT2D eigenvalue weighted by atomic mass is 9.86. The largest absolute Gasteiger partial charge is 0.453 e. The molecular weight excluding hydrogens is 300 g/mol. The van der Waals surface area contributed by atoms with Gasteiger partial charge in [0.25, 0.3) is 0 Å². The van der Waals surface area contributed by atoms with Gasteiger partial charge in [0.1, 0.15) is 0 Å². The lowest BCUT2D eigenvalue weighted by Gasteiger charge is -2.42. The van der Waals surface area contributed by atoms with E-state index in [-0.39, 0.29) is 6.09 Å². The van der Waals surface area contributed by atoms with Crippen LogP contribution >= 0.6 is 0 Å². The van der Waals surface area contributed by atoms with E-state index in [0.717, 1.165) is 32.4 Å². The molecule has 1 heterocycles. The second-order valence-corrected chi connectivity index (χ2v) is 6.87. The van der Waals surface area contributed by atoms with Gasteiger partial charge in [-0.3, -0.25) is 4.90 Å². The second kappa shape index (κ2) is 7.84. The zero-order chi connectivity index (χ0) is 16.9. The van der Waals surface area contributed by atoms with Crippen molar-refractivity contribution in [3.63, 3.8) is 0 Å². The minimum Gasteiger partial charge on any atom is -0.453 e. The van der Waals surface area contributed by atoms with E-state index < -0.39 is 0 Å². The molecule has 130 valence electrons. The molecule has 1 fully saturated rings. The number of amides is 1. The molecule has 1 aliphatic carbocycles. The highest BCUT2D eigenvalue weighted by atomic mass is 16.5. The third-order valence-corrected chi connectivity index (χ3v) is 5.49. The van der Waals surface area contributed by atoms with Crippen molar-refractivity contribution < 1.29 is 9.53 Å². The summed E-state index contributed by atoms with van der Waals surface area (Å²) in [6.45, 7) is 2.09. The fraction of sp³-hybridized carbons (Fsp3) is 0.550. The van der Waals surface area contributed by atoms with Crippen molar-refractivity contribution in [3.8, 4) is 0 Å². The summed E-state index contributed by atoms with van der Waals surface area (Å²) in [6.07, 6.45) is 7.76. The molecule has 1 aromatic rings. The normalized spacial score (nSPS) is 20.0. The van der Waals surface area contributed by atoms with Gasteiger partial charge in [-0.1, -0.05) is 42.0 Å². The Balaban J connectivity index is 1.62. The number of hydrogen-bond donors (Lipinski definition) is 0. The van der Waals surface area contributed by atoms with Gasteiger partial charge in [0.05, 0.1) is 7.11 Å². The van der Waals surface area contributed by atoms with Crippen molar-refractivity contribution in [2.24, 2.45) is 0 Å². The predicted octanol–water partition coefficient (Wildman–Crippen LogP) is 3.48. The van der Waals surface area contributed by atoms with E-state index in [1.54, 1.807) is 10.5 Å². The SMILES string of the molecule is COC(=O)N(C)C1CCN(C(Cc2ccccc2)C2=CCC2)CC1. The number of carbonyl (C=O) groups excluding carboxylic acids is 1. The zero-order valence-electron chi connectivity index (χ0n) is 14.8. The Bertz CT molecular complexity index is 577. The van der Waals surface area contributed by atoms with Crippen molar-refractivity contribution in [2.45, 2.75) is 44.2 Å². The summed E-state index contributed by atoms with van der Waals surface area (Å²) in [4.78, 5) is 16.1. The van der Waals surface area contributed by atoms with Crippen molar-refractivity contribution in [1.29, 1.82) is 0 Å². The van der Waals surface area contributed by atoms with Crippen LogP contribution in [0.15, 0.2) is 42.0 Å². The molecule has 2 aliphatic rings. The summed E-state index contributed by atoms with van der Waals surface area (Å²) in [6, 6.07) is 11.6. The van der Waals surface area contributed by atoms with E-state index >= 15 is 0 Å². The summed E-state index contributed by atoms with van der Waals surface area (Å²) in [5.41, 5.74) is 3.00. The van der Waals surface area contributed by atoms with Gasteiger partial charge >= 0.3 is 6.09 Å². The summed E-state index contributed by atoms with van der Waals surface area (Å²) in [5, 5.41) is 0. The highest BCUT2D eigenvalue weighted by molar-refractivity contribution is 5.67. The molecule has 1 unspecified atom stereocenters. The summed E-state index contributed by atoms with van der Waals surface area (Å²) in [5.74, 6) is 0. The number of ether oxygens (including phenoxy) is 1. The number of carbonyl (C=O) groups is 1. The van der Waals surface area contributed by atoms with Crippen molar-refractivity contribution in [2.75, 3.05) is 27.2 Å². The number of allylic oxidation sites excluding steroid dienone is 1. The summed E-state index contributed by atoms with van der Waals surface area (Å²) < 4.78 is 4.85. The van der Waals surface area contributed by atoms with E-state index in [1.165, 1.54) is 25.5 Å². The van der Waals surface area contributed by atoms with Gasteiger partial charge in [0, 0.05) is 32.2 Å². The minimum absolute atomic E-state index is 0.226. The maximum atomic E-state index is 11.7. The molecule has 0 bridgehead atoms. The van der Waals surface area contributed by atoms with Gasteiger partial charge in [0.15, 0.2) is 0 Å². The highest BCUT2D eigenvalue weighted by Crippen LogP contribution is 2.30. The van der Waals surface area contributed by atoms with Crippen molar-refractivity contribution in [1.82, 2.24) is 9.80 Å². The van der Waals surface area contributed by atoms with E-state index in [1.807, 2.05) is 7.05 Å². The fourth-order valence-corrected chi connectivity index (χ4v) is 3.82. The molecule has 0 radical (unpaired) electrons. The third kappa shape index (κ3) is 3.81. The van der Waals surface area contributed by atoms with Gasteiger partial charge in [0.2, 0.25) is 0 Å². The molecule has 0 aromatic heterocycles. The van der Waals surface area contributed by atoms with Gasteiger partial charge in [-0.2, -0.15) is 0 Å². The first-order chi connectivity index (χ1) is 11.7. The van der Waals surface area contributed by atoms with Crippen LogP contribution in [0.1, 0.15) is 31.2 Å². The molecular formula is C20H28N2O2. The van der Waals surface area contributed by atoms with Crippen LogP contribution in [0.3, 0.4) is 0 Å². The molecule has 4 nitrogen and oxygen atoms in total. The molecule has 3 rings (SSSR count). The molecule has 0 N–H and O–H groups in total. The number of rotatable bonds is 5. The van der Waals surface area contributed by atoms with Crippen LogP contribution < -0.4 is 0 Å². The fourth-order valence-electron chi connectivity index (χ4n) is 3.82. The quantitative estimate of drug-likeness (QED) is 0.776. The molecule has 1 aliphatic heterocycles. The zero-order valence-corrected chi connectivity index (χ0v) is 14.8. The van der Waals surface area contributed by atoms with Crippen molar-refractivity contribution in [3.05, 3.63) is 47.5 Å². The molecule has 24 heavy (non-hydrogen) atoms. The Kier molecular flexibility index (Phi) is 5.56. The Morgan fingerprint density at radius 3 is 2.50 bits per heavy atom. The lowest BCUT2D eigenvalue weighted by molar-refractivity contribution is 0.0822. The first-order valence-corrected chi connectivity index (χ1v) is 8.96. The number of hydrogen-bond acceptors (Lipinski definition) is 3. The molecule has 1 amide bonds. The highest BCUT2D eigenvalue weighted by Gasteiger charge is 2.31. The van der Waals surface area contributed by atoms with Crippen molar-refractivity contribution >= 4 is 6.09 Å². The number of likely N-dealkylation sites (tertiary alicyclic amines) is 1. The number of methoxy groups -OCH3 is 1. The Labute approximate surface area is 145 Å². The van der Waals surface area contributed by atoms with Gasteiger partial charge in [-0.25, -0.2) is 4.79 Å². The minimum atomic E-state index is -0.226. The molecule has 0 spiro atoms. The van der Waals surface area contributed by atoms with E-state index in [4.69, 9.17) is 4.74 Å². The van der Waals surface area contributed by atoms with Crippen LogP contribution in [0.4, 0.5) is 4.79 Å². The lowest BCUT2D eigenvalue weighted by Crippen LogP contribution is -2.50. The maximum absolute atomic E-state index is 11.7. The first-order valence-electron chi connectivity index (χ1n) is 8.96. The van der Waals surface area contributed by atoms with Crippen LogP contribution in [-0.4, -0.2) is 55.2 Å². The molecule has 1 saturated heterocycles. The molecule has 4 heteroatoms. The Hall–Kier alpha value is -1.81. The second-order valence-electron chi connectivity index (χ2n) is 6.87. The van der Waals surface area contributed by atoms with Gasteiger partial charge in [-0.15, -0.1) is 0 Å². The van der Waals surface area contributed by atoms with Crippen LogP contribution in [0.2, 0.25) is 0 Å². The van der Waals surface area contributed by atoms with E-state index in [9.17, 15) is 4.79 Å². The number of nitrogens with zero attached hydrogens (tertiary/aromatic N) is 2. The average Bonchev–Trinajstić information content (AvgIpc) is 2.59. The number of piperidine rings is 1. The maximum Gasteiger partial charge on any atom is 0.409 e. The van der Waals surface area contributed by atoms with Crippen LogP contribution in [0.5, 0.6) is 0 Å². The molecule has 1 aromatic carbocycles. The summed E-state index contributed by atoms with van der Waals surface area (Å²) in [7, 11) is 3.30. The number of benzene rings is 1. The van der Waals surface area contributed by atoms with Gasteiger partial charge in [-0.05, 0) is 37.7 Å². The van der Waals surface area contributed by atoms with Crippen LogP contribution in [0, 0.1) is 0 Å². The first kappa shape index (κ1) is 17.0. The summed E-state index contributed by atoms with van der Waals surface area (Å²) >= 11 is 0. The third-order valence-electron chi connectivity index (χ3n) is 5.49. The predicted molar refractivity (Wildman–Crippen MR) is 96.0 cm³/mol. The topological polar surface area (TPSA) is 32.8 Å². The Morgan fingerprint density at radius 1 is 1.29 bits per heavy atom. The van der Waals surface area contributed by atoms with E-state index in [0.29, 0.717) is 12.1 Å². The standard InChI is InChI=1S/C20H28N2O2/c1-21(20(23)24-2)18-11-13-22(14-12-18)19(17-9-6-10-17)15-16-7-4-3-5-8-16/h3-5,7-9,18-19H,6,10-15H2,1-2H3. The average molecular weight is 328 g/mol.